The van der Waals surface area contributed by atoms with E-state index >= 15 is 0 Å². The molecule has 0 aliphatic rings. The van der Waals surface area contributed by atoms with E-state index < -0.39 is 6.10 Å². The highest BCUT2D eigenvalue weighted by Gasteiger charge is 2.10. The molecule has 0 radical (unpaired) electrons. The zero-order valence-electron chi connectivity index (χ0n) is 8.59. The fraction of sp³-hybridized carbons (Fsp3) is 0.400. The number of fused-ring (bicyclic) bond motifs is 1. The van der Waals surface area contributed by atoms with Gasteiger partial charge < -0.3 is 10.8 Å². The van der Waals surface area contributed by atoms with E-state index in [0.717, 1.165) is 11.3 Å². The van der Waals surface area contributed by atoms with Gasteiger partial charge in [0, 0.05) is 18.0 Å². The topological polar surface area (TPSA) is 76.4 Å². The monoisotopic (exact) mass is 206 g/mol. The van der Waals surface area contributed by atoms with Gasteiger partial charge in [-0.15, -0.1) is 0 Å². The zero-order valence-corrected chi connectivity index (χ0v) is 8.59. The normalized spacial score (nSPS) is 13.3. The maximum Gasteiger partial charge on any atom is 0.140 e. The van der Waals surface area contributed by atoms with Gasteiger partial charge in [0.25, 0.3) is 0 Å². The van der Waals surface area contributed by atoms with Crippen LogP contribution in [0.4, 0.5) is 0 Å². The minimum atomic E-state index is -0.588. The molecule has 0 aliphatic heterocycles. The smallest absolute Gasteiger partial charge is 0.140 e. The molecule has 0 amide bonds. The molecule has 0 spiro atoms. The van der Waals surface area contributed by atoms with E-state index in [0.29, 0.717) is 18.7 Å². The molecule has 5 heteroatoms. The second-order valence-corrected chi connectivity index (χ2v) is 3.55. The lowest BCUT2D eigenvalue weighted by Gasteiger charge is -2.03. The van der Waals surface area contributed by atoms with Gasteiger partial charge in [-0.25, -0.2) is 9.97 Å². The van der Waals surface area contributed by atoms with Gasteiger partial charge >= 0.3 is 0 Å². The first-order valence-corrected chi connectivity index (χ1v) is 4.90. The Labute approximate surface area is 87.6 Å². The number of hydrogen-bond donors (Lipinski definition) is 2. The van der Waals surface area contributed by atoms with Crippen LogP contribution in [0.1, 0.15) is 23.9 Å². The Kier molecular flexibility index (Phi) is 2.66. The fourth-order valence-corrected chi connectivity index (χ4v) is 1.47. The summed E-state index contributed by atoms with van der Waals surface area (Å²) in [4.78, 5) is 8.45. The van der Waals surface area contributed by atoms with Gasteiger partial charge in [-0.3, -0.25) is 4.40 Å². The number of imidazole rings is 1. The first-order valence-electron chi connectivity index (χ1n) is 4.90. The average molecular weight is 206 g/mol. The second-order valence-electron chi connectivity index (χ2n) is 3.55. The molecule has 0 aliphatic carbocycles. The van der Waals surface area contributed by atoms with Crippen molar-refractivity contribution in [1.82, 2.24) is 14.4 Å². The number of hydrogen-bond acceptors (Lipinski definition) is 4. The molecule has 0 saturated carbocycles. The number of nitrogens with two attached hydrogens (primary N) is 1. The second kappa shape index (κ2) is 3.96. The highest BCUT2D eigenvalue weighted by atomic mass is 16.3. The van der Waals surface area contributed by atoms with Crippen LogP contribution in [0.5, 0.6) is 0 Å². The quantitative estimate of drug-likeness (QED) is 0.763. The summed E-state index contributed by atoms with van der Waals surface area (Å²) < 4.78 is 1.79. The molecule has 2 heterocycles. The van der Waals surface area contributed by atoms with Crippen LogP contribution in [-0.4, -0.2) is 26.0 Å². The summed E-state index contributed by atoms with van der Waals surface area (Å²) in [7, 11) is 0. The van der Waals surface area contributed by atoms with Crippen LogP contribution >= 0.6 is 0 Å². The SMILES string of the molecule is Cc1cc2nc(C(O)CCN)cn2cn1. The Morgan fingerprint density at radius 1 is 1.60 bits per heavy atom. The fourth-order valence-electron chi connectivity index (χ4n) is 1.47. The van der Waals surface area contributed by atoms with Crippen LogP contribution < -0.4 is 5.73 Å². The average Bonchev–Trinajstić information content (AvgIpc) is 2.60. The standard InChI is InChI=1S/C10H14N4O/c1-7-4-10-13-8(9(15)2-3-11)5-14(10)6-12-7/h4-6,9,15H,2-3,11H2,1H3. The Morgan fingerprint density at radius 3 is 3.13 bits per heavy atom. The van der Waals surface area contributed by atoms with E-state index in [1.165, 1.54) is 0 Å². The van der Waals surface area contributed by atoms with Gasteiger partial charge in [0.1, 0.15) is 12.0 Å². The van der Waals surface area contributed by atoms with E-state index in [1.54, 1.807) is 16.9 Å². The maximum absolute atomic E-state index is 9.71. The van der Waals surface area contributed by atoms with Crippen molar-refractivity contribution in [2.24, 2.45) is 5.73 Å². The Balaban J connectivity index is 2.38. The highest BCUT2D eigenvalue weighted by molar-refractivity contribution is 5.40. The van der Waals surface area contributed by atoms with Crippen molar-refractivity contribution in [3.8, 4) is 0 Å². The molecule has 3 N–H and O–H groups in total. The summed E-state index contributed by atoms with van der Waals surface area (Å²) in [5.74, 6) is 0. The van der Waals surface area contributed by atoms with Crippen LogP contribution in [0.25, 0.3) is 5.65 Å². The van der Waals surface area contributed by atoms with Crippen molar-refractivity contribution in [1.29, 1.82) is 0 Å². The number of rotatable bonds is 3. The van der Waals surface area contributed by atoms with Crippen LogP contribution in [0, 0.1) is 6.92 Å². The van der Waals surface area contributed by atoms with Gasteiger partial charge in [-0.05, 0) is 19.9 Å². The Hall–Kier alpha value is -1.46. The van der Waals surface area contributed by atoms with Crippen LogP contribution in [-0.2, 0) is 0 Å². The third kappa shape index (κ3) is 1.98. The zero-order chi connectivity index (χ0) is 10.8. The maximum atomic E-state index is 9.71. The molecule has 0 bridgehead atoms. The first-order chi connectivity index (χ1) is 7.20. The lowest BCUT2D eigenvalue weighted by molar-refractivity contribution is 0.166. The summed E-state index contributed by atoms with van der Waals surface area (Å²) >= 11 is 0. The summed E-state index contributed by atoms with van der Waals surface area (Å²) in [6.45, 7) is 2.36. The highest BCUT2D eigenvalue weighted by Crippen LogP contribution is 2.15. The largest absolute Gasteiger partial charge is 0.387 e. The van der Waals surface area contributed by atoms with Crippen molar-refractivity contribution < 1.29 is 5.11 Å². The minimum absolute atomic E-state index is 0.451. The summed E-state index contributed by atoms with van der Waals surface area (Å²) in [5.41, 5.74) is 7.73. The van der Waals surface area contributed by atoms with E-state index in [4.69, 9.17) is 5.73 Å². The molecule has 0 saturated heterocycles. The van der Waals surface area contributed by atoms with Gasteiger partial charge in [0.2, 0.25) is 0 Å². The van der Waals surface area contributed by atoms with Crippen LogP contribution in [0.2, 0.25) is 0 Å². The molecule has 80 valence electrons. The van der Waals surface area contributed by atoms with E-state index in [9.17, 15) is 5.11 Å². The summed E-state index contributed by atoms with van der Waals surface area (Å²) in [5, 5.41) is 9.71. The molecular formula is C10H14N4O. The molecule has 2 aromatic rings. The van der Waals surface area contributed by atoms with Crippen molar-refractivity contribution in [2.45, 2.75) is 19.4 Å². The molecule has 15 heavy (non-hydrogen) atoms. The summed E-state index contributed by atoms with van der Waals surface area (Å²) in [6.07, 6.45) is 3.41. The number of aromatic nitrogens is 3. The predicted octanol–water partition coefficient (Wildman–Crippen LogP) is 0.420. The number of aliphatic hydroxyl groups excluding tert-OH is 1. The van der Waals surface area contributed by atoms with Crippen molar-refractivity contribution in [3.05, 3.63) is 30.0 Å². The first kappa shape index (κ1) is 10.1. The molecule has 1 atom stereocenters. The van der Waals surface area contributed by atoms with Crippen molar-refractivity contribution >= 4 is 5.65 Å². The lowest BCUT2D eigenvalue weighted by atomic mass is 10.2. The van der Waals surface area contributed by atoms with Gasteiger partial charge in [-0.1, -0.05) is 0 Å². The summed E-state index contributed by atoms with van der Waals surface area (Å²) in [6, 6.07) is 1.87. The Morgan fingerprint density at radius 2 is 2.40 bits per heavy atom. The van der Waals surface area contributed by atoms with Gasteiger partial charge in [-0.2, -0.15) is 0 Å². The number of nitrogens with zero attached hydrogens (tertiary/aromatic N) is 3. The molecular weight excluding hydrogens is 192 g/mol. The minimum Gasteiger partial charge on any atom is -0.387 e. The third-order valence-corrected chi connectivity index (χ3v) is 2.28. The molecule has 2 aromatic heterocycles. The van der Waals surface area contributed by atoms with E-state index in [2.05, 4.69) is 9.97 Å². The number of aliphatic hydroxyl groups is 1. The molecule has 0 fully saturated rings. The van der Waals surface area contributed by atoms with E-state index in [-0.39, 0.29) is 0 Å². The molecule has 0 aromatic carbocycles. The Bertz CT molecular complexity index is 465. The predicted molar refractivity (Wildman–Crippen MR) is 56.4 cm³/mol. The third-order valence-electron chi connectivity index (χ3n) is 2.28. The van der Waals surface area contributed by atoms with Crippen molar-refractivity contribution in [2.75, 3.05) is 6.54 Å². The van der Waals surface area contributed by atoms with Gasteiger partial charge in [0.15, 0.2) is 0 Å². The molecule has 1 unspecified atom stereocenters. The molecule has 5 nitrogen and oxygen atoms in total. The number of aryl methyl sites for hydroxylation is 1. The molecule has 2 rings (SSSR count). The van der Waals surface area contributed by atoms with E-state index in [1.807, 2.05) is 13.0 Å². The van der Waals surface area contributed by atoms with Crippen molar-refractivity contribution in [3.63, 3.8) is 0 Å². The van der Waals surface area contributed by atoms with Crippen LogP contribution in [0.15, 0.2) is 18.6 Å². The van der Waals surface area contributed by atoms with Crippen LogP contribution in [0.3, 0.4) is 0 Å². The van der Waals surface area contributed by atoms with Gasteiger partial charge in [0.05, 0.1) is 11.8 Å². The lowest BCUT2D eigenvalue weighted by Crippen LogP contribution is -2.06.